The number of carbonyl (C=O) groups excluding carboxylic acids is 1. The number of hydrogen-bond donors (Lipinski definition) is 3. The number of imidazole rings is 1. The average Bonchev–Trinajstić information content (AvgIpc) is 2.90. The van der Waals surface area contributed by atoms with Gasteiger partial charge in [0, 0.05) is 31.4 Å². The van der Waals surface area contributed by atoms with Gasteiger partial charge in [0.25, 0.3) is 0 Å². The van der Waals surface area contributed by atoms with Crippen molar-refractivity contribution >= 4 is 12.0 Å². The van der Waals surface area contributed by atoms with Crippen LogP contribution in [-0.4, -0.2) is 51.1 Å². The molecule has 0 aliphatic rings. The first-order valence-electron chi connectivity index (χ1n) is 6.69. The summed E-state index contributed by atoms with van der Waals surface area (Å²) in [5.74, 6) is -1.07. The lowest BCUT2D eigenvalue weighted by Crippen LogP contribution is -2.50. The summed E-state index contributed by atoms with van der Waals surface area (Å²) in [7, 11) is 1.67. The van der Waals surface area contributed by atoms with E-state index in [0.29, 0.717) is 5.69 Å². The molecule has 0 fully saturated rings. The molecule has 7 nitrogen and oxygen atoms in total. The third kappa shape index (κ3) is 4.56. The van der Waals surface area contributed by atoms with E-state index in [1.807, 2.05) is 13.8 Å². The lowest BCUT2D eigenvalue weighted by Gasteiger charge is -2.26. The number of carbonyl (C=O) groups is 2. The Kier molecular flexibility index (Phi) is 6.02. The number of nitrogens with zero attached hydrogens (tertiary/aromatic N) is 2. The van der Waals surface area contributed by atoms with Gasteiger partial charge in [0.1, 0.15) is 6.04 Å². The molecule has 1 unspecified atom stereocenters. The van der Waals surface area contributed by atoms with Crippen LogP contribution in [0.4, 0.5) is 4.79 Å². The van der Waals surface area contributed by atoms with E-state index in [4.69, 9.17) is 0 Å². The van der Waals surface area contributed by atoms with Crippen LogP contribution < -0.4 is 5.32 Å². The molecular weight excluding hydrogens is 260 g/mol. The fourth-order valence-corrected chi connectivity index (χ4v) is 1.88. The zero-order valence-corrected chi connectivity index (χ0v) is 12.1. The Bertz CT molecular complexity index is 433. The van der Waals surface area contributed by atoms with Crippen LogP contribution in [0, 0.1) is 0 Å². The van der Waals surface area contributed by atoms with Gasteiger partial charge in [-0.1, -0.05) is 13.3 Å². The van der Waals surface area contributed by atoms with Gasteiger partial charge in [-0.3, -0.25) is 0 Å². The number of rotatable bonds is 7. The van der Waals surface area contributed by atoms with Crippen LogP contribution in [0.2, 0.25) is 0 Å². The molecule has 2 amide bonds. The number of H-pyrrole nitrogens is 1. The minimum atomic E-state index is -1.07. The van der Waals surface area contributed by atoms with Gasteiger partial charge < -0.3 is 20.3 Å². The molecule has 1 aromatic heterocycles. The maximum Gasteiger partial charge on any atom is 0.326 e. The summed E-state index contributed by atoms with van der Waals surface area (Å²) in [4.78, 5) is 31.4. The number of aromatic amines is 1. The van der Waals surface area contributed by atoms with Crippen molar-refractivity contribution in [3.05, 3.63) is 18.2 Å². The molecule has 0 radical (unpaired) electrons. The standard InChI is InChI=1S/C13H22N4O3/c1-4-5-9(2)17(3)13(20)16-11(12(18)19)6-10-7-14-8-15-10/h7-9,11H,4-6H2,1-3H3,(H,14,15)(H,16,20)(H,18,19)/t9?,11-/m0/s1. The van der Waals surface area contributed by atoms with Crippen molar-refractivity contribution in [2.45, 2.75) is 45.2 Å². The predicted octanol–water partition coefficient (Wildman–Crippen LogP) is 1.24. The second-order valence-electron chi connectivity index (χ2n) is 4.87. The second kappa shape index (κ2) is 7.52. The zero-order chi connectivity index (χ0) is 15.1. The third-order valence-corrected chi connectivity index (χ3v) is 3.26. The number of amides is 2. The van der Waals surface area contributed by atoms with E-state index in [-0.39, 0.29) is 18.5 Å². The minimum Gasteiger partial charge on any atom is -0.480 e. The monoisotopic (exact) mass is 282 g/mol. The van der Waals surface area contributed by atoms with Gasteiger partial charge in [-0.05, 0) is 13.3 Å². The summed E-state index contributed by atoms with van der Waals surface area (Å²) < 4.78 is 0. The SMILES string of the molecule is CCCC(C)N(C)C(=O)N[C@@H](Cc1cnc[nH]1)C(=O)O. The van der Waals surface area contributed by atoms with Crippen molar-refractivity contribution < 1.29 is 14.7 Å². The first-order valence-corrected chi connectivity index (χ1v) is 6.69. The first kappa shape index (κ1) is 16.0. The maximum atomic E-state index is 12.0. The van der Waals surface area contributed by atoms with Crippen LogP contribution in [-0.2, 0) is 11.2 Å². The molecule has 0 spiro atoms. The molecule has 1 rings (SSSR count). The molecule has 112 valence electrons. The van der Waals surface area contributed by atoms with Crippen molar-refractivity contribution in [3.63, 3.8) is 0 Å². The van der Waals surface area contributed by atoms with Gasteiger partial charge in [0.15, 0.2) is 0 Å². The molecule has 1 aromatic rings. The number of aliphatic carboxylic acids is 1. The van der Waals surface area contributed by atoms with E-state index >= 15 is 0 Å². The van der Waals surface area contributed by atoms with Crippen LogP contribution in [0.5, 0.6) is 0 Å². The van der Waals surface area contributed by atoms with Crippen LogP contribution >= 0.6 is 0 Å². The number of hydrogen-bond acceptors (Lipinski definition) is 3. The Labute approximate surface area is 118 Å². The smallest absolute Gasteiger partial charge is 0.326 e. The summed E-state index contributed by atoms with van der Waals surface area (Å²) >= 11 is 0. The van der Waals surface area contributed by atoms with Gasteiger partial charge >= 0.3 is 12.0 Å². The highest BCUT2D eigenvalue weighted by Crippen LogP contribution is 2.05. The lowest BCUT2D eigenvalue weighted by molar-refractivity contribution is -0.139. The third-order valence-electron chi connectivity index (χ3n) is 3.26. The van der Waals surface area contributed by atoms with Crippen molar-refractivity contribution in [2.75, 3.05) is 7.05 Å². The number of carboxylic acids is 1. The molecule has 0 aliphatic carbocycles. The molecule has 20 heavy (non-hydrogen) atoms. The Morgan fingerprint density at radius 3 is 2.75 bits per heavy atom. The van der Waals surface area contributed by atoms with Crippen molar-refractivity contribution in [1.29, 1.82) is 0 Å². The van der Waals surface area contributed by atoms with Crippen LogP contribution in [0.1, 0.15) is 32.4 Å². The Morgan fingerprint density at radius 1 is 1.55 bits per heavy atom. The minimum absolute atomic E-state index is 0.0709. The average molecular weight is 282 g/mol. The molecule has 1 heterocycles. The quantitative estimate of drug-likeness (QED) is 0.700. The Morgan fingerprint density at radius 2 is 2.25 bits per heavy atom. The highest BCUT2D eigenvalue weighted by Gasteiger charge is 2.24. The van der Waals surface area contributed by atoms with Crippen LogP contribution in [0.15, 0.2) is 12.5 Å². The summed E-state index contributed by atoms with van der Waals surface area (Å²) in [6, 6.07) is -1.28. The number of aromatic nitrogens is 2. The fourth-order valence-electron chi connectivity index (χ4n) is 1.88. The molecule has 0 bridgehead atoms. The van der Waals surface area contributed by atoms with Gasteiger partial charge in [0.2, 0.25) is 0 Å². The Balaban J connectivity index is 2.61. The van der Waals surface area contributed by atoms with E-state index in [1.54, 1.807) is 13.2 Å². The molecule has 0 aliphatic heterocycles. The highest BCUT2D eigenvalue weighted by molar-refractivity contribution is 5.82. The number of urea groups is 1. The molecule has 2 atom stereocenters. The van der Waals surface area contributed by atoms with Crippen LogP contribution in [0.25, 0.3) is 0 Å². The van der Waals surface area contributed by atoms with E-state index in [0.717, 1.165) is 12.8 Å². The molecule has 0 aromatic carbocycles. The van der Waals surface area contributed by atoms with Gasteiger partial charge in [-0.25, -0.2) is 14.6 Å². The van der Waals surface area contributed by atoms with Crippen molar-refractivity contribution in [1.82, 2.24) is 20.2 Å². The molecule has 7 heteroatoms. The van der Waals surface area contributed by atoms with Gasteiger partial charge in [0.05, 0.1) is 6.33 Å². The van der Waals surface area contributed by atoms with Crippen molar-refractivity contribution in [2.24, 2.45) is 0 Å². The van der Waals surface area contributed by atoms with E-state index in [9.17, 15) is 14.7 Å². The van der Waals surface area contributed by atoms with E-state index in [1.165, 1.54) is 11.2 Å². The largest absolute Gasteiger partial charge is 0.480 e. The van der Waals surface area contributed by atoms with E-state index in [2.05, 4.69) is 15.3 Å². The van der Waals surface area contributed by atoms with Crippen LogP contribution in [0.3, 0.4) is 0 Å². The zero-order valence-electron chi connectivity index (χ0n) is 12.1. The fraction of sp³-hybridized carbons (Fsp3) is 0.615. The van der Waals surface area contributed by atoms with Gasteiger partial charge in [-0.15, -0.1) is 0 Å². The summed E-state index contributed by atoms with van der Waals surface area (Å²) in [6.07, 6.45) is 5.05. The number of carboxylic acid groups (broad SMARTS) is 1. The molecule has 0 saturated carbocycles. The van der Waals surface area contributed by atoms with Gasteiger partial charge in [-0.2, -0.15) is 0 Å². The Hall–Kier alpha value is -2.05. The summed E-state index contributed by atoms with van der Waals surface area (Å²) in [6.45, 7) is 3.98. The normalized spacial score (nSPS) is 13.6. The molecule has 3 N–H and O–H groups in total. The predicted molar refractivity (Wildman–Crippen MR) is 74.4 cm³/mol. The first-order chi connectivity index (χ1) is 9.45. The molecule has 0 saturated heterocycles. The summed E-state index contributed by atoms with van der Waals surface area (Å²) in [5, 5.41) is 11.7. The molecular formula is C13H22N4O3. The second-order valence-corrected chi connectivity index (χ2v) is 4.87. The summed E-state index contributed by atoms with van der Waals surface area (Å²) in [5.41, 5.74) is 0.668. The number of nitrogens with one attached hydrogen (secondary N) is 2. The lowest BCUT2D eigenvalue weighted by atomic mass is 10.1. The highest BCUT2D eigenvalue weighted by atomic mass is 16.4. The van der Waals surface area contributed by atoms with E-state index < -0.39 is 12.0 Å². The maximum absolute atomic E-state index is 12.0. The van der Waals surface area contributed by atoms with Crippen molar-refractivity contribution in [3.8, 4) is 0 Å². The topological polar surface area (TPSA) is 98.3 Å².